The highest BCUT2D eigenvalue weighted by Crippen LogP contribution is 2.39. The summed E-state index contributed by atoms with van der Waals surface area (Å²) in [6.07, 6.45) is 2.82. The van der Waals surface area contributed by atoms with Crippen molar-refractivity contribution in [1.29, 1.82) is 0 Å². The first kappa shape index (κ1) is 24.5. The van der Waals surface area contributed by atoms with Crippen molar-refractivity contribution in [1.82, 2.24) is 19.8 Å². The number of hydrogen-bond donors (Lipinski definition) is 1. The third-order valence-corrected chi connectivity index (χ3v) is 8.10. The van der Waals surface area contributed by atoms with E-state index in [9.17, 15) is 10.1 Å². The number of nitrogens with zero attached hydrogens (tertiary/aromatic N) is 6. The number of hydrogen-bond acceptors (Lipinski definition) is 9. The topological polar surface area (TPSA) is 90.7 Å². The maximum Gasteiger partial charge on any atom is 0.269 e. The van der Waals surface area contributed by atoms with E-state index in [1.807, 2.05) is 23.9 Å². The van der Waals surface area contributed by atoms with Crippen molar-refractivity contribution >= 4 is 34.9 Å². The summed E-state index contributed by atoms with van der Waals surface area (Å²) in [5.41, 5.74) is 3.68. The highest BCUT2D eigenvalue weighted by molar-refractivity contribution is 8.00. The highest BCUT2D eigenvalue weighted by atomic mass is 32.2. The van der Waals surface area contributed by atoms with Crippen molar-refractivity contribution in [3.05, 3.63) is 82.0 Å². The van der Waals surface area contributed by atoms with Crippen LogP contribution < -0.4 is 10.2 Å². The molecule has 2 saturated heterocycles. The van der Waals surface area contributed by atoms with E-state index in [-0.39, 0.29) is 22.0 Å². The smallest absolute Gasteiger partial charge is 0.269 e. The van der Waals surface area contributed by atoms with Gasteiger partial charge in [-0.2, -0.15) is 4.98 Å². The van der Waals surface area contributed by atoms with E-state index in [2.05, 4.69) is 63.4 Å². The summed E-state index contributed by atoms with van der Waals surface area (Å²) in [7, 11) is 4.17. The van der Waals surface area contributed by atoms with Crippen LogP contribution in [0.1, 0.15) is 17.0 Å². The lowest BCUT2D eigenvalue weighted by molar-refractivity contribution is -0.384. The minimum absolute atomic E-state index is 0.159. The van der Waals surface area contributed by atoms with E-state index in [1.165, 1.54) is 5.56 Å². The second-order valence-corrected chi connectivity index (χ2v) is 10.6. The van der Waals surface area contributed by atoms with Crippen LogP contribution in [0.15, 0.2) is 60.8 Å². The lowest BCUT2D eigenvalue weighted by Crippen LogP contribution is -2.43. The second-order valence-electron chi connectivity index (χ2n) is 9.51. The minimum atomic E-state index is -0.319. The first-order valence-electron chi connectivity index (χ1n) is 12.2. The molecular weight excluding hydrogens is 474 g/mol. The maximum atomic E-state index is 11.2. The number of rotatable bonds is 8. The molecule has 2 aliphatic heterocycles. The third kappa shape index (κ3) is 5.61. The number of thioether (sulfide) groups is 1. The van der Waals surface area contributed by atoms with Crippen molar-refractivity contribution in [3.63, 3.8) is 0 Å². The largest absolute Gasteiger partial charge is 0.330 e. The predicted molar refractivity (Wildman–Crippen MR) is 145 cm³/mol. The van der Waals surface area contributed by atoms with Gasteiger partial charge in [-0.05, 0) is 49.8 Å². The zero-order valence-electron chi connectivity index (χ0n) is 20.6. The van der Waals surface area contributed by atoms with Gasteiger partial charge in [0.25, 0.3) is 5.69 Å². The Labute approximate surface area is 215 Å². The number of nitro groups is 1. The molecule has 36 heavy (non-hydrogen) atoms. The number of fused-ring (bicyclic) bond motifs is 1. The molecule has 188 valence electrons. The zero-order chi connectivity index (χ0) is 25.1. The van der Waals surface area contributed by atoms with E-state index < -0.39 is 0 Å². The molecule has 2 unspecified atom stereocenters. The predicted octanol–water partition coefficient (Wildman–Crippen LogP) is 4.17. The molecule has 0 aliphatic carbocycles. The van der Waals surface area contributed by atoms with E-state index in [0.717, 1.165) is 55.4 Å². The van der Waals surface area contributed by atoms with Crippen LogP contribution in [0.5, 0.6) is 0 Å². The number of benzene rings is 2. The molecule has 9 nitrogen and oxygen atoms in total. The van der Waals surface area contributed by atoms with Crippen LogP contribution in [0.3, 0.4) is 0 Å². The number of likely N-dealkylation sites (N-methyl/N-ethyl adjacent to an activating group) is 1. The molecule has 10 heteroatoms. The molecule has 2 atom stereocenters. The summed E-state index contributed by atoms with van der Waals surface area (Å²) in [4.78, 5) is 27.1. The number of anilines is 3. The summed E-state index contributed by atoms with van der Waals surface area (Å²) in [5, 5.41) is 14.5. The Hall–Kier alpha value is -3.21. The fraction of sp³-hybridized carbons (Fsp3) is 0.385. The Morgan fingerprint density at radius 2 is 2.00 bits per heavy atom. The molecule has 1 aromatic heterocycles. The van der Waals surface area contributed by atoms with Gasteiger partial charge in [-0.1, -0.05) is 24.3 Å². The number of nitrogens with one attached hydrogen (secondary N) is 1. The summed E-state index contributed by atoms with van der Waals surface area (Å²) >= 11 is 1.87. The van der Waals surface area contributed by atoms with Crippen LogP contribution >= 0.6 is 11.8 Å². The fourth-order valence-electron chi connectivity index (χ4n) is 4.70. The molecule has 5 rings (SSSR count). The molecule has 1 N–H and O–H groups in total. The molecule has 2 fully saturated rings. The van der Waals surface area contributed by atoms with E-state index >= 15 is 0 Å². The average Bonchev–Trinajstić information content (AvgIpc) is 3.32. The SMILES string of the molecule is CN(C)CCc1ccc(Nc2nccc(N3CCN4CC(c5cccc([N+](=O)[O-])c5)CSC43)n2)cc1. The van der Waals surface area contributed by atoms with Gasteiger partial charge in [-0.25, -0.2) is 4.98 Å². The molecule has 2 aliphatic rings. The van der Waals surface area contributed by atoms with Crippen LogP contribution in [0.4, 0.5) is 23.1 Å². The standard InChI is InChI=1S/C26H31N7O2S/c1-30(2)13-11-19-6-8-22(9-7-19)28-25-27-12-10-24(29-25)32-15-14-31-17-21(18-36-26(31)32)20-4-3-5-23(16-20)33(34)35/h3-10,12,16,21,26H,11,13-15,17-18H2,1-2H3,(H,27,28,29). The van der Waals surface area contributed by atoms with Crippen LogP contribution in [0, 0.1) is 10.1 Å². The monoisotopic (exact) mass is 505 g/mol. The number of aromatic nitrogens is 2. The Morgan fingerprint density at radius 3 is 2.78 bits per heavy atom. The van der Waals surface area contributed by atoms with Gasteiger partial charge in [0.1, 0.15) is 11.3 Å². The molecule has 0 saturated carbocycles. The number of non-ortho nitro benzene ring substituents is 1. The Morgan fingerprint density at radius 1 is 1.17 bits per heavy atom. The van der Waals surface area contributed by atoms with Crippen LogP contribution in [-0.4, -0.2) is 76.2 Å². The summed E-state index contributed by atoms with van der Waals surface area (Å²) in [6.45, 7) is 3.72. The van der Waals surface area contributed by atoms with Gasteiger partial charge in [-0.3, -0.25) is 15.0 Å². The van der Waals surface area contributed by atoms with Crippen molar-refractivity contribution in [2.45, 2.75) is 17.8 Å². The zero-order valence-corrected chi connectivity index (χ0v) is 21.4. The first-order chi connectivity index (χ1) is 17.5. The summed E-state index contributed by atoms with van der Waals surface area (Å²) in [6, 6.07) is 17.5. The van der Waals surface area contributed by atoms with Gasteiger partial charge < -0.3 is 15.1 Å². The van der Waals surface area contributed by atoms with Crippen LogP contribution in [0.25, 0.3) is 0 Å². The Balaban J connectivity index is 1.23. The average molecular weight is 506 g/mol. The number of nitro benzene ring substituents is 1. The normalized spacial score (nSPS) is 19.9. The molecule has 3 aromatic rings. The van der Waals surface area contributed by atoms with Crippen molar-refractivity contribution in [3.8, 4) is 0 Å². The molecule has 0 amide bonds. The van der Waals surface area contributed by atoms with Gasteiger partial charge in [0.05, 0.1) is 4.92 Å². The van der Waals surface area contributed by atoms with Gasteiger partial charge >= 0.3 is 0 Å². The van der Waals surface area contributed by atoms with Crippen molar-refractivity contribution < 1.29 is 4.92 Å². The summed E-state index contributed by atoms with van der Waals surface area (Å²) < 4.78 is 0. The minimum Gasteiger partial charge on any atom is -0.330 e. The molecular formula is C26H31N7O2S. The Kier molecular flexibility index (Phi) is 7.35. The molecule has 2 aromatic carbocycles. The lowest BCUT2D eigenvalue weighted by atomic mass is 10.00. The van der Waals surface area contributed by atoms with Gasteiger partial charge in [0, 0.05) is 61.9 Å². The maximum absolute atomic E-state index is 11.2. The van der Waals surface area contributed by atoms with E-state index in [4.69, 9.17) is 4.98 Å². The molecule has 3 heterocycles. The summed E-state index contributed by atoms with van der Waals surface area (Å²) in [5.74, 6) is 2.68. The second kappa shape index (κ2) is 10.8. The third-order valence-electron chi connectivity index (χ3n) is 6.65. The van der Waals surface area contributed by atoms with Gasteiger partial charge in [0.2, 0.25) is 5.95 Å². The first-order valence-corrected chi connectivity index (χ1v) is 13.2. The van der Waals surface area contributed by atoms with Crippen molar-refractivity contribution in [2.75, 3.05) is 56.2 Å². The fourth-order valence-corrected chi connectivity index (χ4v) is 6.19. The van der Waals surface area contributed by atoms with Crippen LogP contribution in [-0.2, 0) is 6.42 Å². The van der Waals surface area contributed by atoms with Crippen molar-refractivity contribution in [2.24, 2.45) is 0 Å². The molecule has 0 spiro atoms. The van der Waals surface area contributed by atoms with E-state index in [0.29, 0.717) is 5.95 Å². The molecule has 0 bridgehead atoms. The highest BCUT2D eigenvalue weighted by Gasteiger charge is 2.39. The lowest BCUT2D eigenvalue weighted by Gasteiger charge is -2.37. The quantitative estimate of drug-likeness (QED) is 0.358. The van der Waals surface area contributed by atoms with Crippen LogP contribution in [0.2, 0.25) is 0 Å². The molecule has 0 radical (unpaired) electrons. The Bertz CT molecular complexity index is 1210. The van der Waals surface area contributed by atoms with Gasteiger partial charge in [-0.15, -0.1) is 11.8 Å². The van der Waals surface area contributed by atoms with E-state index in [1.54, 1.807) is 24.4 Å². The van der Waals surface area contributed by atoms with Gasteiger partial charge in [0.15, 0.2) is 0 Å².